The maximum Gasteiger partial charge on any atom is 0.225 e. The highest BCUT2D eigenvalue weighted by Gasteiger charge is 2.43. The second-order valence-electron chi connectivity index (χ2n) is 6.93. The Labute approximate surface area is 145 Å². The molecular weight excluding hydrogens is 322 g/mol. The maximum atomic E-state index is 12.6. The number of carbonyl (C=O) groups excluding carboxylic acids is 1. The van der Waals surface area contributed by atoms with Crippen molar-refractivity contribution in [1.82, 2.24) is 25.2 Å². The van der Waals surface area contributed by atoms with Gasteiger partial charge in [0.1, 0.15) is 11.5 Å². The molecule has 4 atom stereocenters. The van der Waals surface area contributed by atoms with Crippen LogP contribution < -0.4 is 5.32 Å². The van der Waals surface area contributed by atoms with E-state index in [9.17, 15) is 4.79 Å². The van der Waals surface area contributed by atoms with E-state index >= 15 is 0 Å². The fraction of sp³-hybridized carbons (Fsp3) is 0.588. The normalized spacial score (nSPS) is 28.2. The van der Waals surface area contributed by atoms with Crippen molar-refractivity contribution in [1.29, 1.82) is 0 Å². The summed E-state index contributed by atoms with van der Waals surface area (Å²) in [7, 11) is 0. The monoisotopic (exact) mass is 345 g/mol. The number of aliphatic hydroxyl groups is 1. The third-order valence-corrected chi connectivity index (χ3v) is 5.38. The quantitative estimate of drug-likeness (QED) is 0.786. The third kappa shape index (κ3) is 3.45. The Balaban J connectivity index is 1.34. The summed E-state index contributed by atoms with van der Waals surface area (Å²) in [4.78, 5) is 14.9. The fourth-order valence-electron chi connectivity index (χ4n) is 4.06. The van der Waals surface area contributed by atoms with Gasteiger partial charge >= 0.3 is 0 Å². The molecule has 0 radical (unpaired) electrons. The van der Waals surface area contributed by atoms with Crippen molar-refractivity contribution in [3.63, 3.8) is 0 Å². The fourth-order valence-corrected chi connectivity index (χ4v) is 4.06. The molecule has 5 heterocycles. The van der Waals surface area contributed by atoms with Crippen LogP contribution >= 0.6 is 0 Å². The molecule has 0 aliphatic carbocycles. The number of nitrogens with one attached hydrogen (secondary N) is 1. The predicted molar refractivity (Wildman–Crippen MR) is 88.1 cm³/mol. The lowest BCUT2D eigenvalue weighted by Crippen LogP contribution is -2.57. The molecule has 4 unspecified atom stereocenters. The molecule has 3 fully saturated rings. The minimum atomic E-state index is -0.0884. The molecule has 0 spiro atoms. The molecular formula is C17H23N5O3. The first-order chi connectivity index (χ1) is 12.2. The number of aliphatic hydroxyl groups excluding tert-OH is 1. The summed E-state index contributed by atoms with van der Waals surface area (Å²) >= 11 is 0. The number of carbonyl (C=O) groups is 1. The molecule has 134 valence electrons. The summed E-state index contributed by atoms with van der Waals surface area (Å²) in [6.07, 6.45) is 5.46. The smallest absolute Gasteiger partial charge is 0.225 e. The highest BCUT2D eigenvalue weighted by atomic mass is 16.3. The number of hydrogen-bond donors (Lipinski definition) is 2. The van der Waals surface area contributed by atoms with Crippen LogP contribution in [0.4, 0.5) is 0 Å². The maximum absolute atomic E-state index is 12.6. The molecule has 0 saturated carbocycles. The van der Waals surface area contributed by atoms with E-state index < -0.39 is 0 Å². The molecule has 3 saturated heterocycles. The van der Waals surface area contributed by atoms with Gasteiger partial charge in [-0.3, -0.25) is 14.4 Å². The van der Waals surface area contributed by atoms with Gasteiger partial charge in [-0.2, -0.15) is 0 Å². The Kier molecular flexibility index (Phi) is 4.54. The van der Waals surface area contributed by atoms with Crippen LogP contribution in [0.5, 0.6) is 0 Å². The van der Waals surface area contributed by atoms with Gasteiger partial charge < -0.3 is 14.8 Å². The molecule has 8 heteroatoms. The van der Waals surface area contributed by atoms with Gasteiger partial charge in [0.2, 0.25) is 5.91 Å². The number of fused-ring (bicyclic) bond motifs is 3. The largest absolute Gasteiger partial charge is 0.467 e. The lowest BCUT2D eigenvalue weighted by atomic mass is 9.75. The van der Waals surface area contributed by atoms with Crippen LogP contribution in [0.1, 0.15) is 24.3 Å². The number of aromatic nitrogens is 3. The lowest BCUT2D eigenvalue weighted by Gasteiger charge is -2.49. The van der Waals surface area contributed by atoms with E-state index in [4.69, 9.17) is 9.52 Å². The first-order valence-electron chi connectivity index (χ1n) is 8.77. The second kappa shape index (κ2) is 6.97. The lowest BCUT2D eigenvalue weighted by molar-refractivity contribution is -0.133. The number of furan rings is 1. The number of amides is 1. The van der Waals surface area contributed by atoms with Crippen LogP contribution in [0.15, 0.2) is 29.0 Å². The predicted octanol–water partition coefficient (Wildman–Crippen LogP) is 0.390. The Morgan fingerprint density at radius 3 is 3.08 bits per heavy atom. The average molecular weight is 345 g/mol. The van der Waals surface area contributed by atoms with Crippen LogP contribution in [0, 0.1) is 11.8 Å². The molecule has 2 N–H and O–H groups in total. The summed E-state index contributed by atoms with van der Waals surface area (Å²) in [5.74, 6) is 1.35. The molecule has 2 bridgehead atoms. The summed E-state index contributed by atoms with van der Waals surface area (Å²) in [6, 6.07) is 4.07. The van der Waals surface area contributed by atoms with Crippen LogP contribution in [0.2, 0.25) is 0 Å². The van der Waals surface area contributed by atoms with E-state index in [0.29, 0.717) is 24.2 Å². The Hall–Kier alpha value is -2.19. The zero-order valence-electron chi connectivity index (χ0n) is 14.0. The molecule has 2 aromatic rings. The number of piperidine rings is 3. The van der Waals surface area contributed by atoms with Gasteiger partial charge in [0.15, 0.2) is 0 Å². The van der Waals surface area contributed by atoms with Crippen molar-refractivity contribution in [2.24, 2.45) is 11.8 Å². The van der Waals surface area contributed by atoms with Gasteiger partial charge in [-0.1, -0.05) is 5.21 Å². The first kappa shape index (κ1) is 16.3. The topological polar surface area (TPSA) is 96.4 Å². The zero-order valence-corrected chi connectivity index (χ0v) is 14.0. The Morgan fingerprint density at radius 2 is 2.40 bits per heavy atom. The standard InChI is InChI=1S/C17H23N5O3/c23-11-13-8-22(20-19-13)9-14-6-12-3-4-21(14)10-16(12)17(24)18-7-15-2-1-5-25-15/h1-2,5,8,12,14,16,23H,3-4,6-7,9-11H2,(H,18,24). The van der Waals surface area contributed by atoms with Gasteiger partial charge in [-0.15, -0.1) is 5.10 Å². The zero-order chi connectivity index (χ0) is 17.2. The van der Waals surface area contributed by atoms with Crippen LogP contribution in [-0.4, -0.2) is 50.0 Å². The SMILES string of the molecule is O=C(NCc1ccco1)C1CN2CCC1CC2Cn1cc(CO)nn1. The molecule has 25 heavy (non-hydrogen) atoms. The van der Waals surface area contributed by atoms with Crippen molar-refractivity contribution in [3.05, 3.63) is 36.0 Å². The average Bonchev–Trinajstić information content (AvgIpc) is 3.32. The minimum Gasteiger partial charge on any atom is -0.467 e. The molecule has 3 aliphatic heterocycles. The highest BCUT2D eigenvalue weighted by molar-refractivity contribution is 5.79. The summed E-state index contributed by atoms with van der Waals surface area (Å²) in [6.45, 7) is 2.93. The van der Waals surface area contributed by atoms with E-state index in [1.165, 1.54) is 0 Å². The van der Waals surface area contributed by atoms with E-state index in [1.807, 2.05) is 12.1 Å². The molecule has 2 aromatic heterocycles. The number of nitrogens with zero attached hydrogens (tertiary/aromatic N) is 4. The van der Waals surface area contributed by atoms with E-state index in [0.717, 1.165) is 38.2 Å². The minimum absolute atomic E-state index is 0.0451. The summed E-state index contributed by atoms with van der Waals surface area (Å²) < 4.78 is 7.06. The van der Waals surface area contributed by atoms with E-state index in [-0.39, 0.29) is 18.4 Å². The summed E-state index contributed by atoms with van der Waals surface area (Å²) in [5.41, 5.74) is 0.589. The van der Waals surface area contributed by atoms with Crippen LogP contribution in [0.25, 0.3) is 0 Å². The third-order valence-electron chi connectivity index (χ3n) is 5.38. The van der Waals surface area contributed by atoms with Gasteiger partial charge in [-0.25, -0.2) is 0 Å². The highest BCUT2D eigenvalue weighted by Crippen LogP contribution is 2.36. The number of rotatable bonds is 6. The molecule has 8 nitrogen and oxygen atoms in total. The molecule has 1 amide bonds. The Bertz CT molecular complexity index is 714. The first-order valence-corrected chi connectivity index (χ1v) is 8.77. The van der Waals surface area contributed by atoms with Crippen molar-refractivity contribution in [3.8, 4) is 0 Å². The van der Waals surface area contributed by atoms with Gasteiger partial charge in [-0.05, 0) is 37.4 Å². The molecule has 0 aromatic carbocycles. The van der Waals surface area contributed by atoms with Crippen LogP contribution in [-0.2, 0) is 24.5 Å². The van der Waals surface area contributed by atoms with Crippen molar-refractivity contribution in [2.75, 3.05) is 13.1 Å². The Morgan fingerprint density at radius 1 is 1.48 bits per heavy atom. The van der Waals surface area contributed by atoms with Crippen LogP contribution in [0.3, 0.4) is 0 Å². The molecule has 3 aliphatic rings. The second-order valence-corrected chi connectivity index (χ2v) is 6.93. The van der Waals surface area contributed by atoms with Gasteiger partial charge in [0.05, 0.1) is 38.1 Å². The number of hydrogen-bond acceptors (Lipinski definition) is 6. The molecule has 5 rings (SSSR count). The van der Waals surface area contributed by atoms with E-state index in [2.05, 4.69) is 20.5 Å². The van der Waals surface area contributed by atoms with Gasteiger partial charge in [0, 0.05) is 12.6 Å². The van der Waals surface area contributed by atoms with Gasteiger partial charge in [0.25, 0.3) is 0 Å². The summed E-state index contributed by atoms with van der Waals surface area (Å²) in [5, 5.41) is 20.1. The van der Waals surface area contributed by atoms with Crippen molar-refractivity contribution >= 4 is 5.91 Å². The van der Waals surface area contributed by atoms with Crippen molar-refractivity contribution < 1.29 is 14.3 Å². The van der Waals surface area contributed by atoms with E-state index in [1.54, 1.807) is 17.1 Å². The van der Waals surface area contributed by atoms with Crippen molar-refractivity contribution in [2.45, 2.75) is 38.6 Å².